The summed E-state index contributed by atoms with van der Waals surface area (Å²) in [4.78, 5) is 3.35. The maximum atomic E-state index is 5.42. The monoisotopic (exact) mass is 272 g/mol. The van der Waals surface area contributed by atoms with Crippen LogP contribution in [0.25, 0.3) is 10.9 Å². The lowest BCUT2D eigenvalue weighted by Crippen LogP contribution is -2.30. The Morgan fingerprint density at radius 1 is 1.40 bits per heavy atom. The van der Waals surface area contributed by atoms with Gasteiger partial charge in [0.15, 0.2) is 0 Å². The fraction of sp³-hybridized carbons (Fsp3) is 0.529. The first-order valence-corrected chi connectivity index (χ1v) is 7.69. The van der Waals surface area contributed by atoms with Gasteiger partial charge in [0.1, 0.15) is 0 Å². The average Bonchev–Trinajstić information content (AvgIpc) is 3.09. The summed E-state index contributed by atoms with van der Waals surface area (Å²) in [6.07, 6.45) is 5.69. The van der Waals surface area contributed by atoms with Gasteiger partial charge in [0, 0.05) is 36.4 Å². The molecule has 3 rings (SSSR count). The van der Waals surface area contributed by atoms with Crippen LogP contribution in [0.1, 0.15) is 25.3 Å². The number of hydrogen-bond donors (Lipinski definition) is 2. The number of nitrogens with one attached hydrogen (secondary N) is 2. The minimum absolute atomic E-state index is 0.511. The first kappa shape index (κ1) is 13.7. The topological polar surface area (TPSA) is 37.0 Å². The first-order chi connectivity index (χ1) is 9.83. The minimum Gasteiger partial charge on any atom is -0.381 e. The van der Waals surface area contributed by atoms with E-state index in [0.29, 0.717) is 6.04 Å². The van der Waals surface area contributed by atoms with E-state index in [1.807, 2.05) is 0 Å². The van der Waals surface area contributed by atoms with E-state index in [1.54, 1.807) is 0 Å². The van der Waals surface area contributed by atoms with Crippen LogP contribution < -0.4 is 5.32 Å². The predicted octanol–water partition coefficient (Wildman–Crippen LogP) is 3.12. The summed E-state index contributed by atoms with van der Waals surface area (Å²) >= 11 is 0. The highest BCUT2D eigenvalue weighted by molar-refractivity contribution is 5.83. The van der Waals surface area contributed by atoms with Gasteiger partial charge in [0.05, 0.1) is 0 Å². The molecule has 0 saturated carbocycles. The smallest absolute Gasteiger partial charge is 0.0495 e. The summed E-state index contributed by atoms with van der Waals surface area (Å²) < 4.78 is 5.42. The lowest BCUT2D eigenvalue weighted by Gasteiger charge is -2.15. The predicted molar refractivity (Wildman–Crippen MR) is 83.0 cm³/mol. The summed E-state index contributed by atoms with van der Waals surface area (Å²) in [6, 6.07) is 9.03. The number of para-hydroxylation sites is 1. The summed E-state index contributed by atoms with van der Waals surface area (Å²) in [6.45, 7) is 5.28. The summed E-state index contributed by atoms with van der Waals surface area (Å²) in [5.41, 5.74) is 2.64. The zero-order valence-corrected chi connectivity index (χ0v) is 12.2. The Bertz CT molecular complexity index is 543. The lowest BCUT2D eigenvalue weighted by atomic mass is 10.0. The fourth-order valence-corrected chi connectivity index (χ4v) is 3.05. The molecule has 3 heteroatoms. The fourth-order valence-electron chi connectivity index (χ4n) is 3.05. The Morgan fingerprint density at radius 2 is 2.30 bits per heavy atom. The molecule has 0 unspecified atom stereocenters. The van der Waals surface area contributed by atoms with Crippen molar-refractivity contribution in [2.24, 2.45) is 5.92 Å². The number of aromatic amines is 1. The Balaban J connectivity index is 1.49. The number of aromatic nitrogens is 1. The third-order valence-electron chi connectivity index (χ3n) is 4.27. The minimum atomic E-state index is 0.511. The van der Waals surface area contributed by atoms with Gasteiger partial charge in [-0.3, -0.25) is 0 Å². The molecule has 1 fully saturated rings. The molecule has 1 aliphatic heterocycles. The number of hydrogen-bond acceptors (Lipinski definition) is 2. The van der Waals surface area contributed by atoms with Crippen molar-refractivity contribution in [2.45, 2.75) is 32.2 Å². The van der Waals surface area contributed by atoms with E-state index in [9.17, 15) is 0 Å². The molecule has 108 valence electrons. The molecule has 2 aromatic rings. The molecule has 1 aromatic carbocycles. The summed E-state index contributed by atoms with van der Waals surface area (Å²) in [7, 11) is 0. The molecular weight excluding hydrogens is 248 g/mol. The molecule has 2 atom stereocenters. The first-order valence-electron chi connectivity index (χ1n) is 7.69. The zero-order valence-electron chi connectivity index (χ0n) is 12.2. The third-order valence-corrected chi connectivity index (χ3v) is 4.27. The highest BCUT2D eigenvalue weighted by atomic mass is 16.5. The van der Waals surface area contributed by atoms with Crippen LogP contribution in [0.15, 0.2) is 30.5 Å². The second-order valence-electron chi connectivity index (χ2n) is 5.94. The largest absolute Gasteiger partial charge is 0.381 e. The molecule has 0 aliphatic carbocycles. The highest BCUT2D eigenvalue weighted by Crippen LogP contribution is 2.19. The van der Waals surface area contributed by atoms with Crippen molar-refractivity contribution in [3.63, 3.8) is 0 Å². The van der Waals surface area contributed by atoms with Crippen molar-refractivity contribution >= 4 is 10.9 Å². The molecule has 1 aliphatic rings. The number of H-pyrrole nitrogens is 1. The van der Waals surface area contributed by atoms with E-state index in [1.165, 1.54) is 29.3 Å². The van der Waals surface area contributed by atoms with Crippen LogP contribution in [-0.4, -0.2) is 30.8 Å². The summed E-state index contributed by atoms with van der Waals surface area (Å²) in [5.74, 6) is 0.766. The Morgan fingerprint density at radius 3 is 3.15 bits per heavy atom. The van der Waals surface area contributed by atoms with Crippen LogP contribution in [0.4, 0.5) is 0 Å². The van der Waals surface area contributed by atoms with Crippen LogP contribution in [0.5, 0.6) is 0 Å². The van der Waals surface area contributed by atoms with E-state index in [2.05, 4.69) is 47.7 Å². The number of fused-ring (bicyclic) bond motifs is 1. The quantitative estimate of drug-likeness (QED) is 0.848. The van der Waals surface area contributed by atoms with Gasteiger partial charge >= 0.3 is 0 Å². The maximum Gasteiger partial charge on any atom is 0.0495 e. The Kier molecular flexibility index (Phi) is 4.38. The zero-order chi connectivity index (χ0) is 13.8. The van der Waals surface area contributed by atoms with Gasteiger partial charge in [-0.15, -0.1) is 0 Å². The van der Waals surface area contributed by atoms with Crippen molar-refractivity contribution in [3.05, 3.63) is 36.0 Å². The molecule has 0 radical (unpaired) electrons. The second kappa shape index (κ2) is 6.42. The van der Waals surface area contributed by atoms with Gasteiger partial charge in [0.25, 0.3) is 0 Å². The molecule has 2 heterocycles. The van der Waals surface area contributed by atoms with E-state index < -0.39 is 0 Å². The molecule has 1 aromatic heterocycles. The second-order valence-corrected chi connectivity index (χ2v) is 5.94. The Hall–Kier alpha value is -1.32. The average molecular weight is 272 g/mol. The number of rotatable bonds is 6. The standard InChI is InChI=1S/C17H24N2O/c1-13(18-8-6-14-7-9-20-12-14)10-15-11-19-17-5-3-2-4-16(15)17/h2-5,11,13-14,18-19H,6-10,12H2,1H3/t13-,14-/m1/s1. The molecule has 0 bridgehead atoms. The normalized spacial score (nSPS) is 20.6. The van der Waals surface area contributed by atoms with Gasteiger partial charge in [-0.1, -0.05) is 18.2 Å². The molecule has 0 amide bonds. The number of benzene rings is 1. The van der Waals surface area contributed by atoms with Crippen molar-refractivity contribution in [3.8, 4) is 0 Å². The molecule has 20 heavy (non-hydrogen) atoms. The maximum absolute atomic E-state index is 5.42. The molecule has 1 saturated heterocycles. The molecule has 3 nitrogen and oxygen atoms in total. The number of ether oxygens (including phenoxy) is 1. The van der Waals surface area contributed by atoms with E-state index >= 15 is 0 Å². The van der Waals surface area contributed by atoms with Crippen LogP contribution in [0.3, 0.4) is 0 Å². The van der Waals surface area contributed by atoms with E-state index in [4.69, 9.17) is 4.74 Å². The molecule has 0 spiro atoms. The van der Waals surface area contributed by atoms with Gasteiger partial charge in [-0.05, 0) is 50.3 Å². The van der Waals surface area contributed by atoms with Crippen molar-refractivity contribution in [1.29, 1.82) is 0 Å². The van der Waals surface area contributed by atoms with Crippen molar-refractivity contribution in [2.75, 3.05) is 19.8 Å². The van der Waals surface area contributed by atoms with Crippen molar-refractivity contribution in [1.82, 2.24) is 10.3 Å². The highest BCUT2D eigenvalue weighted by Gasteiger charge is 2.15. The third kappa shape index (κ3) is 3.22. The lowest BCUT2D eigenvalue weighted by molar-refractivity contribution is 0.184. The van der Waals surface area contributed by atoms with Gasteiger partial charge in [-0.25, -0.2) is 0 Å². The van der Waals surface area contributed by atoms with E-state index in [0.717, 1.165) is 32.1 Å². The van der Waals surface area contributed by atoms with Gasteiger partial charge in [-0.2, -0.15) is 0 Å². The van der Waals surface area contributed by atoms with Crippen LogP contribution >= 0.6 is 0 Å². The van der Waals surface area contributed by atoms with Crippen LogP contribution in [-0.2, 0) is 11.2 Å². The Labute approximate surface area is 120 Å². The van der Waals surface area contributed by atoms with Crippen LogP contribution in [0, 0.1) is 5.92 Å². The van der Waals surface area contributed by atoms with Crippen molar-refractivity contribution < 1.29 is 4.74 Å². The van der Waals surface area contributed by atoms with Gasteiger partial charge in [0.2, 0.25) is 0 Å². The van der Waals surface area contributed by atoms with Crippen LogP contribution in [0.2, 0.25) is 0 Å². The SMILES string of the molecule is C[C@H](Cc1c[nH]c2ccccc12)NCC[C@@H]1CCOC1. The summed E-state index contributed by atoms with van der Waals surface area (Å²) in [5, 5.41) is 5.00. The molecule has 2 N–H and O–H groups in total. The molecular formula is C17H24N2O. The van der Waals surface area contributed by atoms with Gasteiger partial charge < -0.3 is 15.0 Å². The van der Waals surface area contributed by atoms with E-state index in [-0.39, 0.29) is 0 Å².